The van der Waals surface area contributed by atoms with E-state index in [4.69, 9.17) is 31.9 Å². The van der Waals surface area contributed by atoms with Gasteiger partial charge in [0.05, 0.1) is 5.66 Å². The van der Waals surface area contributed by atoms with Crippen LogP contribution in [0.5, 0.6) is 0 Å². The topological polar surface area (TPSA) is 133 Å². The summed E-state index contributed by atoms with van der Waals surface area (Å²) in [6.45, 7) is -0.540. The van der Waals surface area contributed by atoms with Crippen molar-refractivity contribution in [1.29, 1.82) is 0 Å². The van der Waals surface area contributed by atoms with Crippen molar-refractivity contribution in [3.8, 4) is 0 Å². The SMILES string of the molecule is NC(N)(CCO)C(CCO)(CCO)CCO. The van der Waals surface area contributed by atoms with Crippen LogP contribution >= 0.6 is 0 Å². The lowest BCUT2D eigenvalue weighted by molar-refractivity contribution is 0.0135. The molecule has 0 saturated carbocycles. The van der Waals surface area contributed by atoms with Crippen molar-refractivity contribution in [2.75, 3.05) is 26.4 Å². The zero-order chi connectivity index (χ0) is 12.7. The average molecular weight is 236 g/mol. The third-order valence-corrected chi connectivity index (χ3v) is 3.28. The Morgan fingerprint density at radius 2 is 0.938 bits per heavy atom. The largest absolute Gasteiger partial charge is 0.396 e. The van der Waals surface area contributed by atoms with E-state index in [2.05, 4.69) is 0 Å². The van der Waals surface area contributed by atoms with Gasteiger partial charge in [-0.05, 0) is 19.3 Å². The Kier molecular flexibility index (Phi) is 7.05. The summed E-state index contributed by atoms with van der Waals surface area (Å²) in [5.74, 6) is 0. The number of aliphatic hydroxyl groups is 4. The van der Waals surface area contributed by atoms with Gasteiger partial charge in [0.25, 0.3) is 0 Å². The molecule has 16 heavy (non-hydrogen) atoms. The maximum absolute atomic E-state index is 9.05. The van der Waals surface area contributed by atoms with E-state index in [-0.39, 0.29) is 32.8 Å². The zero-order valence-electron chi connectivity index (χ0n) is 9.60. The van der Waals surface area contributed by atoms with Gasteiger partial charge in [-0.3, -0.25) is 0 Å². The van der Waals surface area contributed by atoms with Crippen LogP contribution in [0.25, 0.3) is 0 Å². The minimum absolute atomic E-state index is 0.123. The normalized spacial score (nSPS) is 13.1. The van der Waals surface area contributed by atoms with Crippen LogP contribution in [-0.2, 0) is 0 Å². The standard InChI is InChI=1S/C10H24N2O4/c11-10(12,4-8-16)9(1-5-13,2-6-14)3-7-15/h13-16H,1-8,11-12H2. The van der Waals surface area contributed by atoms with Crippen molar-refractivity contribution in [2.24, 2.45) is 16.9 Å². The number of aliphatic hydroxyl groups excluding tert-OH is 4. The molecule has 0 amide bonds. The van der Waals surface area contributed by atoms with Crippen LogP contribution in [0.3, 0.4) is 0 Å². The maximum atomic E-state index is 9.05. The molecule has 0 fully saturated rings. The van der Waals surface area contributed by atoms with Gasteiger partial charge in [-0.15, -0.1) is 0 Å². The molecule has 0 spiro atoms. The van der Waals surface area contributed by atoms with Gasteiger partial charge >= 0.3 is 0 Å². The van der Waals surface area contributed by atoms with Crippen molar-refractivity contribution in [2.45, 2.75) is 31.3 Å². The lowest BCUT2D eigenvalue weighted by atomic mass is 9.67. The summed E-state index contributed by atoms with van der Waals surface area (Å²) in [7, 11) is 0. The van der Waals surface area contributed by atoms with E-state index in [9.17, 15) is 0 Å². The van der Waals surface area contributed by atoms with E-state index in [1.807, 2.05) is 0 Å². The molecule has 0 aliphatic rings. The molecule has 6 nitrogen and oxygen atoms in total. The highest BCUT2D eigenvalue weighted by Crippen LogP contribution is 2.39. The third-order valence-electron chi connectivity index (χ3n) is 3.28. The van der Waals surface area contributed by atoms with Gasteiger partial charge in [0.15, 0.2) is 0 Å². The van der Waals surface area contributed by atoms with Crippen molar-refractivity contribution in [3.63, 3.8) is 0 Å². The third kappa shape index (κ3) is 3.65. The zero-order valence-corrected chi connectivity index (χ0v) is 9.60. The van der Waals surface area contributed by atoms with Gasteiger partial charge in [-0.2, -0.15) is 0 Å². The predicted octanol–water partition coefficient (Wildman–Crippen LogP) is -1.88. The first-order chi connectivity index (χ1) is 7.49. The van der Waals surface area contributed by atoms with Gasteiger partial charge in [-0.25, -0.2) is 0 Å². The predicted molar refractivity (Wildman–Crippen MR) is 60.4 cm³/mol. The maximum Gasteiger partial charge on any atom is 0.0719 e. The molecule has 0 aromatic rings. The Morgan fingerprint density at radius 1 is 0.625 bits per heavy atom. The van der Waals surface area contributed by atoms with Gasteiger partial charge in [0.1, 0.15) is 0 Å². The summed E-state index contributed by atoms with van der Waals surface area (Å²) in [5.41, 5.74) is 9.93. The van der Waals surface area contributed by atoms with E-state index < -0.39 is 11.1 Å². The molecule has 0 aromatic heterocycles. The first kappa shape index (κ1) is 15.8. The molecule has 0 unspecified atom stereocenters. The Labute approximate surface area is 95.9 Å². The lowest BCUT2D eigenvalue weighted by Crippen LogP contribution is -2.63. The number of hydrogen-bond donors (Lipinski definition) is 6. The van der Waals surface area contributed by atoms with E-state index in [0.29, 0.717) is 19.3 Å². The summed E-state index contributed by atoms with van der Waals surface area (Å²) < 4.78 is 0. The summed E-state index contributed by atoms with van der Waals surface area (Å²) in [4.78, 5) is 0. The molecule has 0 saturated heterocycles. The molecular weight excluding hydrogens is 212 g/mol. The van der Waals surface area contributed by atoms with Crippen LogP contribution in [0.2, 0.25) is 0 Å². The lowest BCUT2D eigenvalue weighted by Gasteiger charge is -2.46. The first-order valence-electron chi connectivity index (χ1n) is 5.51. The fourth-order valence-electron chi connectivity index (χ4n) is 2.17. The quantitative estimate of drug-likeness (QED) is 0.259. The molecule has 0 aromatic carbocycles. The van der Waals surface area contributed by atoms with Crippen LogP contribution in [0, 0.1) is 5.41 Å². The highest BCUT2D eigenvalue weighted by molar-refractivity contribution is 4.98. The molecule has 8 N–H and O–H groups in total. The van der Waals surface area contributed by atoms with E-state index >= 15 is 0 Å². The minimum atomic E-state index is -1.21. The average Bonchev–Trinajstić information content (AvgIpc) is 2.18. The van der Waals surface area contributed by atoms with E-state index in [0.717, 1.165) is 0 Å². The second-order valence-corrected chi connectivity index (χ2v) is 4.22. The fraction of sp³-hybridized carbons (Fsp3) is 1.00. The molecule has 0 radical (unpaired) electrons. The Hall–Kier alpha value is -0.240. The van der Waals surface area contributed by atoms with Crippen molar-refractivity contribution in [1.82, 2.24) is 0 Å². The smallest absolute Gasteiger partial charge is 0.0719 e. The van der Waals surface area contributed by atoms with Crippen LogP contribution in [0.15, 0.2) is 0 Å². The van der Waals surface area contributed by atoms with E-state index in [1.54, 1.807) is 0 Å². The van der Waals surface area contributed by atoms with Gasteiger partial charge in [-0.1, -0.05) is 0 Å². The second kappa shape index (κ2) is 7.16. The molecule has 98 valence electrons. The number of rotatable bonds is 9. The van der Waals surface area contributed by atoms with Crippen LogP contribution in [0.4, 0.5) is 0 Å². The van der Waals surface area contributed by atoms with Gasteiger partial charge < -0.3 is 31.9 Å². The van der Waals surface area contributed by atoms with Crippen molar-refractivity contribution < 1.29 is 20.4 Å². The Balaban J connectivity index is 4.96. The first-order valence-corrected chi connectivity index (χ1v) is 5.51. The van der Waals surface area contributed by atoms with Crippen LogP contribution < -0.4 is 11.5 Å². The summed E-state index contributed by atoms with van der Waals surface area (Å²) in [5, 5.41) is 36.1. The number of nitrogens with two attached hydrogens (primary N) is 2. The minimum Gasteiger partial charge on any atom is -0.396 e. The fourth-order valence-corrected chi connectivity index (χ4v) is 2.17. The summed E-state index contributed by atoms with van der Waals surface area (Å²) in [6.07, 6.45) is 1.04. The molecule has 0 heterocycles. The molecule has 0 rings (SSSR count). The van der Waals surface area contributed by atoms with Crippen LogP contribution in [-0.4, -0.2) is 52.5 Å². The molecule has 0 bridgehead atoms. The highest BCUT2D eigenvalue weighted by Gasteiger charge is 2.44. The Morgan fingerprint density at radius 3 is 1.19 bits per heavy atom. The van der Waals surface area contributed by atoms with Crippen LogP contribution in [0.1, 0.15) is 25.7 Å². The molecule has 0 atom stereocenters. The molecular formula is C10H24N2O4. The monoisotopic (exact) mass is 236 g/mol. The van der Waals surface area contributed by atoms with Crippen molar-refractivity contribution in [3.05, 3.63) is 0 Å². The molecule has 0 aliphatic carbocycles. The van der Waals surface area contributed by atoms with Gasteiger partial charge in [0, 0.05) is 38.3 Å². The number of hydrogen-bond acceptors (Lipinski definition) is 6. The van der Waals surface area contributed by atoms with Crippen molar-refractivity contribution >= 4 is 0 Å². The molecule has 0 aliphatic heterocycles. The highest BCUT2D eigenvalue weighted by atomic mass is 16.3. The van der Waals surface area contributed by atoms with E-state index in [1.165, 1.54) is 0 Å². The van der Waals surface area contributed by atoms with Gasteiger partial charge in [0.2, 0.25) is 0 Å². The Bertz CT molecular complexity index is 171. The molecule has 6 heteroatoms. The second-order valence-electron chi connectivity index (χ2n) is 4.22. The summed E-state index contributed by atoms with van der Waals surface area (Å²) >= 11 is 0. The summed E-state index contributed by atoms with van der Waals surface area (Å²) in [6, 6.07) is 0.